The largest absolute Gasteiger partial charge is 0.466 e. The van der Waals surface area contributed by atoms with Crippen molar-refractivity contribution in [1.82, 2.24) is 0 Å². The van der Waals surface area contributed by atoms with E-state index in [1.165, 1.54) is 15.3 Å². The van der Waals surface area contributed by atoms with Crippen LogP contribution in [0.5, 0.6) is 0 Å². The van der Waals surface area contributed by atoms with Crippen LogP contribution in [0.3, 0.4) is 0 Å². The molecule has 0 radical (unpaired) electrons. The lowest BCUT2D eigenvalue weighted by Crippen LogP contribution is -2.03. The number of carbonyl (C=O) groups excluding carboxylic acids is 1. The van der Waals surface area contributed by atoms with Crippen LogP contribution in [0.1, 0.15) is 47.9 Å². The first-order chi connectivity index (χ1) is 8.13. The highest BCUT2D eigenvalue weighted by atomic mass is 32.1. The minimum Gasteiger partial charge on any atom is -0.466 e. The molecule has 0 aromatic carbocycles. The van der Waals surface area contributed by atoms with Gasteiger partial charge in [-0.1, -0.05) is 6.42 Å². The molecular formula is C14H22O2S. The number of hydrogen-bond donors (Lipinski definition) is 0. The first kappa shape index (κ1) is 14.2. The second kappa shape index (κ2) is 7.49. The average molecular weight is 254 g/mol. The van der Waals surface area contributed by atoms with Crippen LogP contribution in [0.2, 0.25) is 0 Å². The lowest BCUT2D eigenvalue weighted by Gasteiger charge is -2.02. The fourth-order valence-electron chi connectivity index (χ4n) is 1.93. The molecule has 2 nitrogen and oxygen atoms in total. The van der Waals surface area contributed by atoms with Gasteiger partial charge in [0.2, 0.25) is 0 Å². The molecule has 0 spiro atoms. The molecule has 1 aromatic heterocycles. The summed E-state index contributed by atoms with van der Waals surface area (Å²) in [6.45, 7) is 6.68. The fourth-order valence-corrected chi connectivity index (χ4v) is 2.90. The highest BCUT2D eigenvalue weighted by Crippen LogP contribution is 2.22. The Labute approximate surface area is 108 Å². The van der Waals surface area contributed by atoms with Gasteiger partial charge in [0.25, 0.3) is 0 Å². The summed E-state index contributed by atoms with van der Waals surface area (Å²) in [4.78, 5) is 13.9. The smallest absolute Gasteiger partial charge is 0.305 e. The molecule has 1 rings (SSSR count). The molecule has 1 heterocycles. The van der Waals surface area contributed by atoms with Crippen LogP contribution in [0.25, 0.3) is 0 Å². The van der Waals surface area contributed by atoms with E-state index in [9.17, 15) is 4.79 Å². The number of carbonyl (C=O) groups is 1. The first-order valence-corrected chi connectivity index (χ1v) is 7.16. The average Bonchev–Trinajstić information content (AvgIpc) is 2.57. The van der Waals surface area contributed by atoms with E-state index in [0.717, 1.165) is 25.7 Å². The van der Waals surface area contributed by atoms with Gasteiger partial charge in [-0.05, 0) is 51.7 Å². The van der Waals surface area contributed by atoms with Gasteiger partial charge < -0.3 is 4.74 Å². The van der Waals surface area contributed by atoms with Crippen molar-refractivity contribution in [2.45, 2.75) is 52.9 Å². The van der Waals surface area contributed by atoms with Crippen LogP contribution < -0.4 is 0 Å². The minimum absolute atomic E-state index is 0.0601. The van der Waals surface area contributed by atoms with Gasteiger partial charge in [-0.25, -0.2) is 0 Å². The maximum Gasteiger partial charge on any atom is 0.305 e. The summed E-state index contributed by atoms with van der Waals surface area (Å²) in [5.74, 6) is -0.0601. The zero-order chi connectivity index (χ0) is 12.7. The van der Waals surface area contributed by atoms with Gasteiger partial charge in [0.1, 0.15) is 0 Å². The van der Waals surface area contributed by atoms with Crippen molar-refractivity contribution in [3.8, 4) is 0 Å². The fraction of sp³-hybridized carbons (Fsp3) is 0.643. The zero-order valence-corrected chi connectivity index (χ0v) is 11.9. The predicted molar refractivity (Wildman–Crippen MR) is 72.6 cm³/mol. The zero-order valence-electron chi connectivity index (χ0n) is 11.0. The lowest BCUT2D eigenvalue weighted by molar-refractivity contribution is -0.143. The SMILES string of the molecule is CCOC(=O)CCCCCc1cc(C)sc1C. The van der Waals surface area contributed by atoms with E-state index in [0.29, 0.717) is 13.0 Å². The number of unbranched alkanes of at least 4 members (excludes halogenated alkanes) is 2. The van der Waals surface area contributed by atoms with E-state index < -0.39 is 0 Å². The Hall–Kier alpha value is -0.830. The van der Waals surface area contributed by atoms with Crippen molar-refractivity contribution >= 4 is 17.3 Å². The number of esters is 1. The van der Waals surface area contributed by atoms with E-state index in [4.69, 9.17) is 4.74 Å². The molecule has 0 aliphatic rings. The van der Waals surface area contributed by atoms with Crippen LogP contribution in [-0.4, -0.2) is 12.6 Å². The molecule has 1 aromatic rings. The maximum atomic E-state index is 11.1. The van der Waals surface area contributed by atoms with E-state index in [2.05, 4.69) is 19.9 Å². The van der Waals surface area contributed by atoms with Gasteiger partial charge in [0.05, 0.1) is 6.61 Å². The second-order valence-electron chi connectivity index (χ2n) is 4.30. The van der Waals surface area contributed by atoms with Gasteiger partial charge in [-0.3, -0.25) is 4.79 Å². The predicted octanol–water partition coefficient (Wildman–Crippen LogP) is 4.03. The Balaban J connectivity index is 2.12. The standard InChI is InChI=1S/C14H22O2S/c1-4-16-14(15)9-7-5-6-8-13-10-11(2)17-12(13)3/h10H,4-9H2,1-3H3. The van der Waals surface area contributed by atoms with E-state index in [-0.39, 0.29) is 5.97 Å². The summed E-state index contributed by atoms with van der Waals surface area (Å²) in [5.41, 5.74) is 1.48. The molecule has 0 aliphatic carbocycles. The first-order valence-electron chi connectivity index (χ1n) is 6.35. The molecule has 0 fully saturated rings. The van der Waals surface area contributed by atoms with Crippen molar-refractivity contribution in [2.75, 3.05) is 6.61 Å². The maximum absolute atomic E-state index is 11.1. The quantitative estimate of drug-likeness (QED) is 0.542. The highest BCUT2D eigenvalue weighted by molar-refractivity contribution is 7.12. The second-order valence-corrected chi connectivity index (χ2v) is 5.76. The van der Waals surface area contributed by atoms with E-state index >= 15 is 0 Å². The van der Waals surface area contributed by atoms with Crippen molar-refractivity contribution in [3.05, 3.63) is 21.4 Å². The van der Waals surface area contributed by atoms with Gasteiger partial charge in [0, 0.05) is 16.2 Å². The number of ether oxygens (including phenoxy) is 1. The molecule has 3 heteroatoms. The van der Waals surface area contributed by atoms with Crippen molar-refractivity contribution in [3.63, 3.8) is 0 Å². The Morgan fingerprint density at radius 1 is 1.29 bits per heavy atom. The van der Waals surface area contributed by atoms with Crippen LogP contribution in [0.4, 0.5) is 0 Å². The van der Waals surface area contributed by atoms with Gasteiger partial charge in [-0.15, -0.1) is 11.3 Å². The molecule has 17 heavy (non-hydrogen) atoms. The van der Waals surface area contributed by atoms with E-state index in [1.54, 1.807) is 0 Å². The topological polar surface area (TPSA) is 26.3 Å². The van der Waals surface area contributed by atoms with Crippen molar-refractivity contribution in [1.29, 1.82) is 0 Å². The minimum atomic E-state index is -0.0601. The highest BCUT2D eigenvalue weighted by Gasteiger charge is 2.04. The molecule has 0 bridgehead atoms. The van der Waals surface area contributed by atoms with Crippen LogP contribution >= 0.6 is 11.3 Å². The lowest BCUT2D eigenvalue weighted by atomic mass is 10.1. The number of aryl methyl sites for hydroxylation is 3. The number of hydrogen-bond acceptors (Lipinski definition) is 3. The third-order valence-corrected chi connectivity index (χ3v) is 3.78. The Morgan fingerprint density at radius 3 is 2.65 bits per heavy atom. The molecule has 0 saturated heterocycles. The summed E-state index contributed by atoms with van der Waals surface area (Å²) >= 11 is 1.87. The summed E-state index contributed by atoms with van der Waals surface area (Å²) in [5, 5.41) is 0. The Kier molecular flexibility index (Phi) is 6.27. The molecule has 96 valence electrons. The molecular weight excluding hydrogens is 232 g/mol. The van der Waals surface area contributed by atoms with Crippen LogP contribution in [0.15, 0.2) is 6.07 Å². The van der Waals surface area contributed by atoms with Crippen LogP contribution in [-0.2, 0) is 16.0 Å². The van der Waals surface area contributed by atoms with Gasteiger partial charge >= 0.3 is 5.97 Å². The summed E-state index contributed by atoms with van der Waals surface area (Å²) in [6, 6.07) is 2.28. The van der Waals surface area contributed by atoms with Gasteiger partial charge in [0.15, 0.2) is 0 Å². The summed E-state index contributed by atoms with van der Waals surface area (Å²) < 4.78 is 4.89. The molecule has 0 atom stereocenters. The third-order valence-electron chi connectivity index (χ3n) is 2.78. The van der Waals surface area contributed by atoms with Gasteiger partial charge in [-0.2, -0.15) is 0 Å². The molecule has 0 saturated carbocycles. The van der Waals surface area contributed by atoms with Crippen LogP contribution in [0, 0.1) is 13.8 Å². The molecule has 0 N–H and O–H groups in total. The molecule has 0 amide bonds. The molecule has 0 aliphatic heterocycles. The van der Waals surface area contributed by atoms with E-state index in [1.807, 2.05) is 18.3 Å². The molecule has 0 unspecified atom stereocenters. The van der Waals surface area contributed by atoms with Crippen molar-refractivity contribution in [2.24, 2.45) is 0 Å². The Bertz CT molecular complexity index is 355. The van der Waals surface area contributed by atoms with Crippen molar-refractivity contribution < 1.29 is 9.53 Å². The Morgan fingerprint density at radius 2 is 2.06 bits per heavy atom. The third kappa shape index (κ3) is 5.35. The monoisotopic (exact) mass is 254 g/mol. The normalized spacial score (nSPS) is 10.5. The number of thiophene rings is 1. The number of rotatable bonds is 7. The summed E-state index contributed by atoms with van der Waals surface area (Å²) in [6.07, 6.45) is 4.92. The summed E-state index contributed by atoms with van der Waals surface area (Å²) in [7, 11) is 0.